The molecule has 110 valence electrons. The van der Waals surface area contributed by atoms with Crippen LogP contribution in [0.25, 0.3) is 11.1 Å². The third-order valence-corrected chi connectivity index (χ3v) is 4.23. The standard InChI is InChI=1S/C14H10Cl2O4S/c1-19-13(17)8-3-7(4-9(5-8)14(18)20-2)10-6-11(15)21-12(10)16/h3-6H,1-2H3. The molecule has 0 aliphatic carbocycles. The largest absolute Gasteiger partial charge is 0.465 e. The highest BCUT2D eigenvalue weighted by Gasteiger charge is 2.17. The Morgan fingerprint density at radius 3 is 1.86 bits per heavy atom. The zero-order valence-electron chi connectivity index (χ0n) is 11.1. The molecular formula is C14H10Cl2O4S. The maximum atomic E-state index is 11.7. The predicted molar refractivity (Wildman–Crippen MR) is 82.5 cm³/mol. The van der Waals surface area contributed by atoms with Crippen molar-refractivity contribution in [3.63, 3.8) is 0 Å². The molecule has 0 radical (unpaired) electrons. The molecule has 0 N–H and O–H groups in total. The molecule has 0 saturated carbocycles. The molecule has 0 fully saturated rings. The molecule has 7 heteroatoms. The van der Waals surface area contributed by atoms with Crippen LogP contribution in [0.3, 0.4) is 0 Å². The third-order valence-electron chi connectivity index (χ3n) is 2.74. The van der Waals surface area contributed by atoms with Crippen molar-refractivity contribution in [2.24, 2.45) is 0 Å². The Hall–Kier alpha value is -1.56. The summed E-state index contributed by atoms with van der Waals surface area (Å²) in [4.78, 5) is 23.4. The Morgan fingerprint density at radius 1 is 0.952 bits per heavy atom. The highest BCUT2D eigenvalue weighted by Crippen LogP contribution is 2.38. The SMILES string of the molecule is COC(=O)c1cc(C(=O)OC)cc(-c2cc(Cl)sc2Cl)c1. The van der Waals surface area contributed by atoms with Crippen molar-refractivity contribution in [3.8, 4) is 11.1 Å². The van der Waals surface area contributed by atoms with E-state index in [1.807, 2.05) is 0 Å². The minimum Gasteiger partial charge on any atom is -0.465 e. The molecule has 0 saturated heterocycles. The number of carbonyl (C=O) groups excluding carboxylic acids is 2. The summed E-state index contributed by atoms with van der Waals surface area (Å²) < 4.78 is 10.3. The highest BCUT2D eigenvalue weighted by molar-refractivity contribution is 7.20. The Morgan fingerprint density at radius 2 is 1.48 bits per heavy atom. The first-order chi connectivity index (χ1) is 9.96. The first kappa shape index (κ1) is 15.8. The minimum atomic E-state index is -0.556. The zero-order valence-corrected chi connectivity index (χ0v) is 13.4. The molecule has 2 rings (SSSR count). The van der Waals surface area contributed by atoms with Gasteiger partial charge in [-0.15, -0.1) is 11.3 Å². The van der Waals surface area contributed by atoms with Crippen molar-refractivity contribution >= 4 is 46.5 Å². The van der Waals surface area contributed by atoms with E-state index in [2.05, 4.69) is 9.47 Å². The van der Waals surface area contributed by atoms with Gasteiger partial charge in [0.2, 0.25) is 0 Å². The first-order valence-corrected chi connectivity index (χ1v) is 7.30. The number of esters is 2. The number of hydrogen-bond acceptors (Lipinski definition) is 5. The highest BCUT2D eigenvalue weighted by atomic mass is 35.5. The van der Waals surface area contributed by atoms with Gasteiger partial charge in [-0.1, -0.05) is 23.2 Å². The Kier molecular flexibility index (Phi) is 4.88. The van der Waals surface area contributed by atoms with Crippen LogP contribution in [0.1, 0.15) is 20.7 Å². The summed E-state index contributed by atoms with van der Waals surface area (Å²) in [5.74, 6) is -1.11. The Labute approximate surface area is 135 Å². The van der Waals surface area contributed by atoms with Gasteiger partial charge in [-0.3, -0.25) is 0 Å². The van der Waals surface area contributed by atoms with Crippen LogP contribution in [0.4, 0.5) is 0 Å². The van der Waals surface area contributed by atoms with E-state index in [9.17, 15) is 9.59 Å². The smallest absolute Gasteiger partial charge is 0.337 e. The molecular weight excluding hydrogens is 335 g/mol. The van der Waals surface area contributed by atoms with Crippen molar-refractivity contribution in [1.82, 2.24) is 0 Å². The number of carbonyl (C=O) groups is 2. The van der Waals surface area contributed by atoms with Gasteiger partial charge in [0.1, 0.15) is 4.34 Å². The lowest BCUT2D eigenvalue weighted by Crippen LogP contribution is -2.07. The van der Waals surface area contributed by atoms with E-state index in [1.165, 1.54) is 31.6 Å². The predicted octanol–water partition coefficient (Wildman–Crippen LogP) is 4.30. The molecule has 1 heterocycles. The van der Waals surface area contributed by atoms with Crippen molar-refractivity contribution in [2.75, 3.05) is 14.2 Å². The number of ether oxygens (including phenoxy) is 2. The molecule has 1 aromatic heterocycles. The maximum absolute atomic E-state index is 11.7. The van der Waals surface area contributed by atoms with E-state index < -0.39 is 11.9 Å². The van der Waals surface area contributed by atoms with E-state index in [1.54, 1.807) is 18.2 Å². The number of rotatable bonds is 3. The van der Waals surface area contributed by atoms with Crippen LogP contribution in [0.5, 0.6) is 0 Å². The topological polar surface area (TPSA) is 52.6 Å². The van der Waals surface area contributed by atoms with E-state index >= 15 is 0 Å². The normalized spacial score (nSPS) is 10.3. The van der Waals surface area contributed by atoms with Crippen molar-refractivity contribution < 1.29 is 19.1 Å². The summed E-state index contributed by atoms with van der Waals surface area (Å²) in [6.45, 7) is 0. The van der Waals surface area contributed by atoms with Crippen molar-refractivity contribution in [1.29, 1.82) is 0 Å². The van der Waals surface area contributed by atoms with Crippen LogP contribution >= 0.6 is 34.5 Å². The van der Waals surface area contributed by atoms with E-state index in [4.69, 9.17) is 23.2 Å². The van der Waals surface area contributed by atoms with Crippen LogP contribution in [0.2, 0.25) is 8.67 Å². The van der Waals surface area contributed by atoms with Gasteiger partial charge in [-0.25, -0.2) is 9.59 Å². The van der Waals surface area contributed by atoms with E-state index in [-0.39, 0.29) is 11.1 Å². The van der Waals surface area contributed by atoms with E-state index in [0.29, 0.717) is 19.8 Å². The van der Waals surface area contributed by atoms with Crippen LogP contribution < -0.4 is 0 Å². The first-order valence-electron chi connectivity index (χ1n) is 5.73. The number of thiophene rings is 1. The molecule has 0 amide bonds. The third kappa shape index (κ3) is 3.37. The molecule has 4 nitrogen and oxygen atoms in total. The fourth-order valence-electron chi connectivity index (χ4n) is 1.79. The second-order valence-electron chi connectivity index (χ2n) is 4.02. The summed E-state index contributed by atoms with van der Waals surface area (Å²) in [5, 5.41) is 0. The lowest BCUT2D eigenvalue weighted by molar-refractivity contribution is 0.0599. The molecule has 0 aliphatic heterocycles. The average molecular weight is 345 g/mol. The Balaban J connectivity index is 2.62. The number of methoxy groups -OCH3 is 2. The van der Waals surface area contributed by atoms with Crippen LogP contribution in [-0.4, -0.2) is 26.2 Å². The lowest BCUT2D eigenvalue weighted by Gasteiger charge is -2.07. The molecule has 0 spiro atoms. The summed E-state index contributed by atoms with van der Waals surface area (Å²) in [7, 11) is 2.53. The minimum absolute atomic E-state index is 0.230. The zero-order chi connectivity index (χ0) is 15.6. The summed E-state index contributed by atoms with van der Waals surface area (Å²) in [6, 6.07) is 6.25. The second-order valence-corrected chi connectivity index (χ2v) is 6.31. The summed E-state index contributed by atoms with van der Waals surface area (Å²) in [6.07, 6.45) is 0. The van der Waals surface area contributed by atoms with Crippen LogP contribution in [0, 0.1) is 0 Å². The van der Waals surface area contributed by atoms with Gasteiger partial charge in [-0.2, -0.15) is 0 Å². The lowest BCUT2D eigenvalue weighted by atomic mass is 10.0. The Bertz CT molecular complexity index is 675. The van der Waals surface area contributed by atoms with Crippen molar-refractivity contribution in [2.45, 2.75) is 0 Å². The fraction of sp³-hybridized carbons (Fsp3) is 0.143. The van der Waals surface area contributed by atoms with Gasteiger partial charge in [-0.05, 0) is 29.8 Å². The van der Waals surface area contributed by atoms with Gasteiger partial charge in [0, 0.05) is 5.56 Å². The quantitative estimate of drug-likeness (QED) is 0.779. The fourth-order valence-corrected chi connectivity index (χ4v) is 3.30. The monoisotopic (exact) mass is 344 g/mol. The van der Waals surface area contributed by atoms with Gasteiger partial charge in [0.25, 0.3) is 0 Å². The molecule has 1 aromatic carbocycles. The van der Waals surface area contributed by atoms with Crippen molar-refractivity contribution in [3.05, 3.63) is 44.1 Å². The average Bonchev–Trinajstić information content (AvgIpc) is 2.83. The number of hydrogen-bond donors (Lipinski definition) is 0. The maximum Gasteiger partial charge on any atom is 0.337 e. The van der Waals surface area contributed by atoms with E-state index in [0.717, 1.165) is 0 Å². The van der Waals surface area contributed by atoms with Crippen LogP contribution in [-0.2, 0) is 9.47 Å². The summed E-state index contributed by atoms with van der Waals surface area (Å²) in [5.41, 5.74) is 1.69. The van der Waals surface area contributed by atoms with Gasteiger partial charge in [0.05, 0.1) is 29.7 Å². The molecule has 0 atom stereocenters. The van der Waals surface area contributed by atoms with Crippen LogP contribution in [0.15, 0.2) is 24.3 Å². The van der Waals surface area contributed by atoms with Gasteiger partial charge >= 0.3 is 11.9 Å². The van der Waals surface area contributed by atoms with Gasteiger partial charge in [0.15, 0.2) is 0 Å². The summed E-state index contributed by atoms with van der Waals surface area (Å²) >= 11 is 13.2. The number of halogens is 2. The second kappa shape index (κ2) is 6.47. The van der Waals surface area contributed by atoms with Gasteiger partial charge < -0.3 is 9.47 Å². The molecule has 0 unspecified atom stereocenters. The number of benzene rings is 1. The molecule has 21 heavy (non-hydrogen) atoms. The molecule has 0 bridgehead atoms. The molecule has 2 aromatic rings. The molecule has 0 aliphatic rings.